The molecule has 3 nitrogen and oxygen atoms in total. The summed E-state index contributed by atoms with van der Waals surface area (Å²) in [4.78, 5) is 11.9. The van der Waals surface area contributed by atoms with E-state index in [1.165, 1.54) is 12.1 Å². The summed E-state index contributed by atoms with van der Waals surface area (Å²) in [6.45, 7) is 0.704. The quantitative estimate of drug-likeness (QED) is 0.878. The third-order valence-electron chi connectivity index (χ3n) is 4.01. The van der Waals surface area contributed by atoms with Gasteiger partial charge in [-0.15, -0.1) is 0 Å². The molecule has 1 amide bonds. The minimum absolute atomic E-state index is 0.0536. The van der Waals surface area contributed by atoms with Crippen LogP contribution < -0.4 is 5.32 Å². The Kier molecular flexibility index (Phi) is 5.38. The van der Waals surface area contributed by atoms with Crippen LogP contribution in [0.1, 0.15) is 24.8 Å². The Hall–Kier alpha value is -1.13. The van der Waals surface area contributed by atoms with E-state index in [0.717, 1.165) is 19.3 Å². The third kappa shape index (κ3) is 3.70. The lowest BCUT2D eigenvalue weighted by Gasteiger charge is -2.18. The average molecular weight is 300 g/mol. The normalized spacial score (nSPS) is 21.9. The molecule has 1 aromatic rings. The molecule has 2 unspecified atom stereocenters. The van der Waals surface area contributed by atoms with Crippen LogP contribution in [0.5, 0.6) is 0 Å². The van der Waals surface area contributed by atoms with Crippen LogP contribution in [-0.2, 0) is 11.2 Å². The highest BCUT2D eigenvalue weighted by molar-refractivity contribution is 6.31. The molecule has 0 heterocycles. The van der Waals surface area contributed by atoms with Crippen molar-refractivity contribution < 1.29 is 14.3 Å². The average Bonchev–Trinajstić information content (AvgIpc) is 2.88. The molecule has 2 atom stereocenters. The van der Waals surface area contributed by atoms with E-state index in [9.17, 15) is 14.3 Å². The lowest BCUT2D eigenvalue weighted by molar-refractivity contribution is -0.120. The first kappa shape index (κ1) is 15.3. The van der Waals surface area contributed by atoms with Crippen molar-refractivity contribution in [2.24, 2.45) is 11.8 Å². The number of aliphatic hydroxyl groups is 1. The molecule has 1 aromatic carbocycles. The predicted octanol–water partition coefficient (Wildman–Crippen LogP) is 2.55. The molecule has 0 saturated heterocycles. The number of nitrogens with one attached hydrogen (secondary N) is 1. The van der Waals surface area contributed by atoms with Gasteiger partial charge in [-0.25, -0.2) is 4.39 Å². The van der Waals surface area contributed by atoms with Crippen molar-refractivity contribution in [3.05, 3.63) is 34.6 Å². The summed E-state index contributed by atoms with van der Waals surface area (Å²) in [6.07, 6.45) is 3.06. The van der Waals surface area contributed by atoms with Crippen molar-refractivity contribution in [2.75, 3.05) is 13.2 Å². The number of hydrogen-bond donors (Lipinski definition) is 2. The van der Waals surface area contributed by atoms with Crippen LogP contribution in [0.2, 0.25) is 5.02 Å². The van der Waals surface area contributed by atoms with Crippen LogP contribution in [-0.4, -0.2) is 24.2 Å². The monoisotopic (exact) mass is 299 g/mol. The highest BCUT2D eigenvalue weighted by atomic mass is 35.5. The fourth-order valence-corrected chi connectivity index (χ4v) is 3.02. The van der Waals surface area contributed by atoms with Crippen molar-refractivity contribution in [3.8, 4) is 0 Å². The van der Waals surface area contributed by atoms with E-state index >= 15 is 0 Å². The van der Waals surface area contributed by atoms with Gasteiger partial charge in [0, 0.05) is 23.7 Å². The summed E-state index contributed by atoms with van der Waals surface area (Å²) in [6, 6.07) is 4.39. The number of halogens is 2. The number of carbonyl (C=O) groups excluding carboxylic acids is 1. The zero-order valence-corrected chi connectivity index (χ0v) is 12.0. The molecule has 1 fully saturated rings. The zero-order valence-electron chi connectivity index (χ0n) is 11.2. The van der Waals surface area contributed by atoms with E-state index in [-0.39, 0.29) is 35.4 Å². The van der Waals surface area contributed by atoms with Gasteiger partial charge in [0.05, 0.1) is 6.42 Å². The second-order valence-electron chi connectivity index (χ2n) is 5.31. The number of benzene rings is 1. The van der Waals surface area contributed by atoms with E-state index < -0.39 is 5.82 Å². The topological polar surface area (TPSA) is 49.3 Å². The molecular formula is C15H19ClFNO2. The fraction of sp³-hybridized carbons (Fsp3) is 0.533. The van der Waals surface area contributed by atoms with Crippen LogP contribution in [0, 0.1) is 17.7 Å². The zero-order chi connectivity index (χ0) is 14.5. The summed E-state index contributed by atoms with van der Waals surface area (Å²) in [7, 11) is 0. The van der Waals surface area contributed by atoms with Gasteiger partial charge in [0.1, 0.15) is 5.82 Å². The van der Waals surface area contributed by atoms with Crippen LogP contribution in [0.4, 0.5) is 4.39 Å². The first-order valence-electron chi connectivity index (χ1n) is 6.92. The standard InChI is InChI=1S/C15H19ClFNO2/c16-13-5-2-6-14(17)12(13)7-15(20)18-8-10-3-1-4-11(10)9-19/h2,5-6,10-11,19H,1,3-4,7-9H2,(H,18,20). The van der Waals surface area contributed by atoms with Crippen molar-refractivity contribution in [1.82, 2.24) is 5.32 Å². The molecule has 0 spiro atoms. The molecule has 0 bridgehead atoms. The van der Waals surface area contributed by atoms with Gasteiger partial charge in [-0.2, -0.15) is 0 Å². The molecule has 0 aliphatic heterocycles. The molecule has 1 saturated carbocycles. The second kappa shape index (κ2) is 7.04. The lowest BCUT2D eigenvalue weighted by Crippen LogP contribution is -2.32. The Labute approximate surface area is 123 Å². The smallest absolute Gasteiger partial charge is 0.224 e. The van der Waals surface area contributed by atoms with Gasteiger partial charge in [0.25, 0.3) is 0 Å². The van der Waals surface area contributed by atoms with Gasteiger partial charge in [0.15, 0.2) is 0 Å². The summed E-state index contributed by atoms with van der Waals surface area (Å²) >= 11 is 5.89. The van der Waals surface area contributed by atoms with Crippen molar-refractivity contribution in [2.45, 2.75) is 25.7 Å². The molecule has 1 aliphatic rings. The first-order valence-corrected chi connectivity index (χ1v) is 7.30. The SMILES string of the molecule is O=C(Cc1c(F)cccc1Cl)NCC1CCCC1CO. The Balaban J connectivity index is 1.87. The molecular weight excluding hydrogens is 281 g/mol. The number of rotatable bonds is 5. The van der Waals surface area contributed by atoms with Crippen molar-refractivity contribution in [1.29, 1.82) is 0 Å². The molecule has 5 heteroatoms. The molecule has 1 aliphatic carbocycles. The second-order valence-corrected chi connectivity index (χ2v) is 5.72. The summed E-state index contributed by atoms with van der Waals surface area (Å²) in [5.41, 5.74) is 0.233. The minimum atomic E-state index is -0.457. The number of carbonyl (C=O) groups is 1. The van der Waals surface area contributed by atoms with Crippen LogP contribution in [0.15, 0.2) is 18.2 Å². The molecule has 0 aromatic heterocycles. The molecule has 0 radical (unpaired) electrons. The molecule has 110 valence electrons. The molecule has 2 N–H and O–H groups in total. The summed E-state index contributed by atoms with van der Waals surface area (Å²) < 4.78 is 13.6. The van der Waals surface area contributed by atoms with E-state index in [2.05, 4.69) is 5.32 Å². The fourth-order valence-electron chi connectivity index (χ4n) is 2.79. The van der Waals surface area contributed by atoms with Gasteiger partial charge in [-0.05, 0) is 36.8 Å². The Bertz CT molecular complexity index is 461. The van der Waals surface area contributed by atoms with E-state index in [1.54, 1.807) is 6.07 Å². The van der Waals surface area contributed by atoms with E-state index in [4.69, 9.17) is 11.6 Å². The van der Waals surface area contributed by atoms with Gasteiger partial charge in [-0.3, -0.25) is 4.79 Å². The van der Waals surface area contributed by atoms with E-state index in [0.29, 0.717) is 12.5 Å². The first-order chi connectivity index (χ1) is 9.61. The number of amides is 1. The largest absolute Gasteiger partial charge is 0.396 e. The van der Waals surface area contributed by atoms with Gasteiger partial charge < -0.3 is 10.4 Å². The highest BCUT2D eigenvalue weighted by Gasteiger charge is 2.26. The van der Waals surface area contributed by atoms with Gasteiger partial charge >= 0.3 is 0 Å². The Morgan fingerprint density at radius 1 is 1.40 bits per heavy atom. The maximum absolute atomic E-state index is 13.6. The highest BCUT2D eigenvalue weighted by Crippen LogP contribution is 2.30. The van der Waals surface area contributed by atoms with Gasteiger partial charge in [0.2, 0.25) is 5.91 Å². The van der Waals surface area contributed by atoms with Crippen LogP contribution >= 0.6 is 11.6 Å². The lowest BCUT2D eigenvalue weighted by atomic mass is 9.97. The molecule has 20 heavy (non-hydrogen) atoms. The third-order valence-corrected chi connectivity index (χ3v) is 4.37. The maximum Gasteiger partial charge on any atom is 0.224 e. The minimum Gasteiger partial charge on any atom is -0.396 e. The number of aliphatic hydroxyl groups excluding tert-OH is 1. The maximum atomic E-state index is 13.6. The summed E-state index contributed by atoms with van der Waals surface area (Å²) in [5.74, 6) is -0.102. The van der Waals surface area contributed by atoms with Crippen LogP contribution in [0.3, 0.4) is 0 Å². The summed E-state index contributed by atoms with van der Waals surface area (Å²) in [5, 5.41) is 12.3. The predicted molar refractivity (Wildman–Crippen MR) is 76.0 cm³/mol. The van der Waals surface area contributed by atoms with Crippen molar-refractivity contribution >= 4 is 17.5 Å². The van der Waals surface area contributed by atoms with E-state index in [1.807, 2.05) is 0 Å². The molecule has 2 rings (SSSR count). The Morgan fingerprint density at radius 2 is 2.15 bits per heavy atom. The van der Waals surface area contributed by atoms with Crippen LogP contribution in [0.25, 0.3) is 0 Å². The van der Waals surface area contributed by atoms with Gasteiger partial charge in [-0.1, -0.05) is 24.1 Å². The Morgan fingerprint density at radius 3 is 2.85 bits per heavy atom. The van der Waals surface area contributed by atoms with Crippen molar-refractivity contribution in [3.63, 3.8) is 0 Å². The number of hydrogen-bond acceptors (Lipinski definition) is 2.